The molecule has 1 heterocycles. The summed E-state index contributed by atoms with van der Waals surface area (Å²) in [4.78, 5) is 5.89. The maximum Gasteiger partial charge on any atom is 0.0961 e. The highest BCUT2D eigenvalue weighted by molar-refractivity contribution is 7.11. The second-order valence-corrected chi connectivity index (χ2v) is 5.29. The van der Waals surface area contributed by atoms with Crippen molar-refractivity contribution in [3.05, 3.63) is 16.1 Å². The van der Waals surface area contributed by atoms with E-state index < -0.39 is 0 Å². The maximum absolute atomic E-state index is 4.51. The first-order chi connectivity index (χ1) is 6.72. The van der Waals surface area contributed by atoms with Crippen LogP contribution in [0.1, 0.15) is 49.0 Å². The van der Waals surface area contributed by atoms with E-state index in [0.29, 0.717) is 6.04 Å². The Bertz CT molecular complexity index is 308. The van der Waals surface area contributed by atoms with Crippen LogP contribution in [0.4, 0.5) is 0 Å². The third-order valence-electron chi connectivity index (χ3n) is 2.91. The average Bonchev–Trinajstić information content (AvgIpc) is 2.70. The Morgan fingerprint density at radius 3 is 3.00 bits per heavy atom. The van der Waals surface area contributed by atoms with Crippen LogP contribution < -0.4 is 5.32 Å². The molecule has 1 saturated carbocycles. The molecule has 0 radical (unpaired) electrons. The lowest BCUT2D eigenvalue weighted by molar-refractivity contribution is 0.606. The third kappa shape index (κ3) is 1.98. The van der Waals surface area contributed by atoms with Crippen molar-refractivity contribution in [3.8, 4) is 0 Å². The highest BCUT2D eigenvalue weighted by atomic mass is 32.1. The van der Waals surface area contributed by atoms with E-state index in [1.165, 1.54) is 16.3 Å². The van der Waals surface area contributed by atoms with Crippen molar-refractivity contribution >= 4 is 11.3 Å². The minimum atomic E-state index is 0.459. The van der Waals surface area contributed by atoms with Crippen molar-refractivity contribution < 1.29 is 0 Å². The largest absolute Gasteiger partial charge is 0.310 e. The molecule has 2 rings (SSSR count). The van der Waals surface area contributed by atoms with Crippen LogP contribution in [0.5, 0.6) is 0 Å². The zero-order valence-corrected chi connectivity index (χ0v) is 9.90. The van der Waals surface area contributed by atoms with E-state index in [2.05, 4.69) is 31.1 Å². The smallest absolute Gasteiger partial charge is 0.0961 e. The summed E-state index contributed by atoms with van der Waals surface area (Å²) in [5, 5.41) is 4.76. The molecule has 0 saturated heterocycles. The summed E-state index contributed by atoms with van der Waals surface area (Å²) in [5.41, 5.74) is 0. The van der Waals surface area contributed by atoms with Gasteiger partial charge in [-0.2, -0.15) is 0 Å². The maximum atomic E-state index is 4.51. The molecule has 1 N–H and O–H groups in total. The fourth-order valence-electron chi connectivity index (χ4n) is 1.75. The van der Waals surface area contributed by atoms with Crippen LogP contribution in [0, 0.1) is 5.92 Å². The SMILES string of the molecule is CCNC(C)c1cnc(C2CC2C)s1. The van der Waals surface area contributed by atoms with Gasteiger partial charge in [-0.1, -0.05) is 13.8 Å². The number of rotatable bonds is 4. The highest BCUT2D eigenvalue weighted by Gasteiger charge is 2.36. The summed E-state index contributed by atoms with van der Waals surface area (Å²) in [7, 11) is 0. The van der Waals surface area contributed by atoms with E-state index in [-0.39, 0.29) is 0 Å². The minimum absolute atomic E-state index is 0.459. The molecule has 14 heavy (non-hydrogen) atoms. The van der Waals surface area contributed by atoms with Crippen molar-refractivity contribution in [2.24, 2.45) is 5.92 Å². The van der Waals surface area contributed by atoms with Crippen molar-refractivity contribution in [1.29, 1.82) is 0 Å². The zero-order chi connectivity index (χ0) is 10.1. The first-order valence-corrected chi connectivity index (χ1v) is 6.23. The topological polar surface area (TPSA) is 24.9 Å². The third-order valence-corrected chi connectivity index (χ3v) is 4.22. The fourth-order valence-corrected chi connectivity index (χ4v) is 2.94. The Morgan fingerprint density at radius 1 is 1.71 bits per heavy atom. The van der Waals surface area contributed by atoms with Gasteiger partial charge >= 0.3 is 0 Å². The molecule has 1 aromatic rings. The molecule has 3 atom stereocenters. The van der Waals surface area contributed by atoms with Crippen LogP contribution >= 0.6 is 11.3 Å². The number of nitrogens with one attached hydrogen (secondary N) is 1. The molecule has 0 amide bonds. The molecule has 1 fully saturated rings. The Balaban J connectivity index is 2.02. The van der Waals surface area contributed by atoms with Crippen LogP contribution in [-0.2, 0) is 0 Å². The number of thiazole rings is 1. The number of hydrogen-bond donors (Lipinski definition) is 1. The molecule has 0 aromatic carbocycles. The van der Waals surface area contributed by atoms with Gasteiger partial charge in [0.1, 0.15) is 0 Å². The molecule has 1 aliphatic carbocycles. The molecule has 0 bridgehead atoms. The Hall–Kier alpha value is -0.410. The first kappa shape index (κ1) is 10.1. The molecule has 78 valence electrons. The molecule has 1 aromatic heterocycles. The van der Waals surface area contributed by atoms with Crippen LogP contribution in [0.2, 0.25) is 0 Å². The quantitative estimate of drug-likeness (QED) is 0.826. The van der Waals surface area contributed by atoms with Gasteiger partial charge in [-0.3, -0.25) is 0 Å². The standard InChI is InChI=1S/C11H18N2S/c1-4-12-8(3)10-6-13-11(14-10)9-5-7(9)2/h6-9,12H,4-5H2,1-3H3. The van der Waals surface area contributed by atoms with Gasteiger partial charge in [0, 0.05) is 23.0 Å². The van der Waals surface area contributed by atoms with E-state index in [1.54, 1.807) is 0 Å². The van der Waals surface area contributed by atoms with Gasteiger partial charge in [-0.25, -0.2) is 4.98 Å². The number of hydrogen-bond acceptors (Lipinski definition) is 3. The van der Waals surface area contributed by atoms with Gasteiger partial charge in [0.05, 0.1) is 5.01 Å². The van der Waals surface area contributed by atoms with Gasteiger partial charge in [0.2, 0.25) is 0 Å². The predicted molar refractivity (Wildman–Crippen MR) is 60.7 cm³/mol. The van der Waals surface area contributed by atoms with Crippen LogP contribution in [0.15, 0.2) is 6.20 Å². The summed E-state index contributed by atoms with van der Waals surface area (Å²) < 4.78 is 0. The second-order valence-electron chi connectivity index (χ2n) is 4.20. The summed E-state index contributed by atoms with van der Waals surface area (Å²) in [6.45, 7) is 7.67. The molecular formula is C11H18N2S. The van der Waals surface area contributed by atoms with E-state index in [9.17, 15) is 0 Å². The van der Waals surface area contributed by atoms with Crippen LogP contribution in [0.25, 0.3) is 0 Å². The van der Waals surface area contributed by atoms with Crippen molar-refractivity contribution in [3.63, 3.8) is 0 Å². The van der Waals surface area contributed by atoms with E-state index >= 15 is 0 Å². The molecule has 0 spiro atoms. The summed E-state index contributed by atoms with van der Waals surface area (Å²) in [5.74, 6) is 1.63. The van der Waals surface area contributed by atoms with E-state index in [4.69, 9.17) is 0 Å². The van der Waals surface area contributed by atoms with E-state index in [0.717, 1.165) is 18.4 Å². The fraction of sp³-hybridized carbons (Fsp3) is 0.727. The highest BCUT2D eigenvalue weighted by Crippen LogP contribution is 2.48. The molecule has 1 aliphatic rings. The molecule has 0 aliphatic heterocycles. The van der Waals surface area contributed by atoms with Crippen molar-refractivity contribution in [2.75, 3.05) is 6.54 Å². The van der Waals surface area contributed by atoms with Gasteiger partial charge in [0.15, 0.2) is 0 Å². The zero-order valence-electron chi connectivity index (χ0n) is 9.08. The summed E-state index contributed by atoms with van der Waals surface area (Å²) in [6, 6.07) is 0.459. The van der Waals surface area contributed by atoms with Gasteiger partial charge < -0.3 is 5.32 Å². The van der Waals surface area contributed by atoms with Crippen molar-refractivity contribution in [1.82, 2.24) is 10.3 Å². The summed E-state index contributed by atoms with van der Waals surface area (Å²) in [6.07, 6.45) is 3.38. The van der Waals surface area contributed by atoms with Gasteiger partial charge in [0.25, 0.3) is 0 Å². The molecule has 2 nitrogen and oxygen atoms in total. The lowest BCUT2D eigenvalue weighted by Crippen LogP contribution is -2.16. The first-order valence-electron chi connectivity index (χ1n) is 5.41. The lowest BCUT2D eigenvalue weighted by Gasteiger charge is -2.07. The second kappa shape index (κ2) is 3.99. The molecular weight excluding hydrogens is 192 g/mol. The molecule has 3 heteroatoms. The average molecular weight is 210 g/mol. The monoisotopic (exact) mass is 210 g/mol. The normalized spacial score (nSPS) is 27.6. The Labute approximate surface area is 89.8 Å². The van der Waals surface area contributed by atoms with Crippen molar-refractivity contribution in [2.45, 2.75) is 39.2 Å². The number of aromatic nitrogens is 1. The van der Waals surface area contributed by atoms with Gasteiger partial charge in [-0.05, 0) is 25.8 Å². The van der Waals surface area contributed by atoms with E-state index in [1.807, 2.05) is 17.5 Å². The molecule has 3 unspecified atom stereocenters. The lowest BCUT2D eigenvalue weighted by atomic mass is 10.3. The van der Waals surface area contributed by atoms with Crippen LogP contribution in [0.3, 0.4) is 0 Å². The number of nitrogens with zero attached hydrogens (tertiary/aromatic N) is 1. The minimum Gasteiger partial charge on any atom is -0.310 e. The van der Waals surface area contributed by atoms with Crippen LogP contribution in [-0.4, -0.2) is 11.5 Å². The predicted octanol–water partition coefficient (Wildman–Crippen LogP) is 2.94. The summed E-state index contributed by atoms with van der Waals surface area (Å²) >= 11 is 1.88. The Morgan fingerprint density at radius 2 is 2.43 bits per heavy atom. The van der Waals surface area contributed by atoms with Gasteiger partial charge in [-0.15, -0.1) is 11.3 Å². The Kier molecular flexibility index (Phi) is 2.88.